The minimum atomic E-state index is -0.860. The summed E-state index contributed by atoms with van der Waals surface area (Å²) >= 11 is 0. The van der Waals surface area contributed by atoms with Crippen LogP contribution in [0.3, 0.4) is 0 Å². The molecule has 1 fully saturated rings. The smallest absolute Gasteiger partial charge is 0.160 e. The lowest BCUT2D eigenvalue weighted by Gasteiger charge is -2.27. The summed E-state index contributed by atoms with van der Waals surface area (Å²) in [5, 5.41) is 7.78. The Labute approximate surface area is 116 Å². The number of rotatable bonds is 2. The lowest BCUT2D eigenvalue weighted by Crippen LogP contribution is -2.43. The molecule has 1 aromatic carbocycles. The van der Waals surface area contributed by atoms with Crippen LogP contribution in [0.5, 0.6) is 0 Å². The van der Waals surface area contributed by atoms with Gasteiger partial charge < -0.3 is 10.2 Å². The maximum absolute atomic E-state index is 13.3. The molecule has 1 aliphatic rings. The van der Waals surface area contributed by atoms with Gasteiger partial charge in [0.05, 0.1) is 5.69 Å². The van der Waals surface area contributed by atoms with E-state index in [-0.39, 0.29) is 0 Å². The van der Waals surface area contributed by atoms with Gasteiger partial charge in [0.2, 0.25) is 0 Å². The Hall–Kier alpha value is -1.95. The molecule has 1 aliphatic heterocycles. The van der Waals surface area contributed by atoms with Gasteiger partial charge in [0.1, 0.15) is 0 Å². The number of halogens is 2. The van der Waals surface area contributed by atoms with Crippen molar-refractivity contribution in [2.45, 2.75) is 6.92 Å². The molecular formula is C14H16F2N4. The third kappa shape index (κ3) is 2.38. The van der Waals surface area contributed by atoms with Crippen molar-refractivity contribution in [1.29, 1.82) is 0 Å². The number of aromatic nitrogens is 2. The predicted octanol–water partition coefficient (Wildman–Crippen LogP) is 1.87. The molecule has 2 heterocycles. The van der Waals surface area contributed by atoms with Crippen molar-refractivity contribution in [1.82, 2.24) is 15.1 Å². The Morgan fingerprint density at radius 2 is 1.85 bits per heavy atom. The van der Waals surface area contributed by atoms with Crippen LogP contribution in [0.4, 0.5) is 14.6 Å². The zero-order valence-electron chi connectivity index (χ0n) is 11.2. The molecule has 0 saturated carbocycles. The molecule has 2 aromatic rings. The van der Waals surface area contributed by atoms with Gasteiger partial charge in [-0.15, -0.1) is 0 Å². The standard InChI is InChI=1S/C14H16F2N4/c1-10-8-14(19-6-4-17-5-7-19)18-20(10)11-2-3-12(15)13(16)9-11/h2-3,8-9,17H,4-7H2,1H3. The Kier molecular flexibility index (Phi) is 3.40. The van der Waals surface area contributed by atoms with Crippen LogP contribution in [0, 0.1) is 18.6 Å². The van der Waals surface area contributed by atoms with Crippen LogP contribution < -0.4 is 10.2 Å². The van der Waals surface area contributed by atoms with Crippen LogP contribution in [0.15, 0.2) is 24.3 Å². The Bertz CT molecular complexity index is 618. The van der Waals surface area contributed by atoms with Crippen molar-refractivity contribution in [2.75, 3.05) is 31.1 Å². The number of piperazine rings is 1. The SMILES string of the molecule is Cc1cc(N2CCNCC2)nn1-c1ccc(F)c(F)c1. The Morgan fingerprint density at radius 1 is 1.10 bits per heavy atom. The minimum Gasteiger partial charge on any atom is -0.353 e. The Balaban J connectivity index is 1.93. The molecule has 4 nitrogen and oxygen atoms in total. The topological polar surface area (TPSA) is 33.1 Å². The zero-order valence-corrected chi connectivity index (χ0v) is 11.2. The average Bonchev–Trinajstić information content (AvgIpc) is 2.85. The van der Waals surface area contributed by atoms with Crippen LogP contribution in [-0.4, -0.2) is 36.0 Å². The number of nitrogens with one attached hydrogen (secondary N) is 1. The monoisotopic (exact) mass is 278 g/mol. The van der Waals surface area contributed by atoms with E-state index in [4.69, 9.17) is 0 Å². The van der Waals surface area contributed by atoms with E-state index < -0.39 is 11.6 Å². The highest BCUT2D eigenvalue weighted by Crippen LogP contribution is 2.20. The van der Waals surface area contributed by atoms with E-state index in [0.29, 0.717) is 5.69 Å². The lowest BCUT2D eigenvalue weighted by molar-refractivity contribution is 0.507. The van der Waals surface area contributed by atoms with Gasteiger partial charge in [0, 0.05) is 44.0 Å². The first-order valence-corrected chi connectivity index (χ1v) is 6.63. The molecule has 1 N–H and O–H groups in total. The van der Waals surface area contributed by atoms with Crippen LogP contribution in [0.2, 0.25) is 0 Å². The first-order valence-electron chi connectivity index (χ1n) is 6.63. The van der Waals surface area contributed by atoms with Gasteiger partial charge in [0.15, 0.2) is 17.5 Å². The fourth-order valence-electron chi connectivity index (χ4n) is 2.38. The van der Waals surface area contributed by atoms with Gasteiger partial charge in [-0.1, -0.05) is 0 Å². The van der Waals surface area contributed by atoms with Gasteiger partial charge in [-0.3, -0.25) is 0 Å². The third-order valence-corrected chi connectivity index (χ3v) is 3.46. The second-order valence-electron chi connectivity index (χ2n) is 4.89. The molecule has 1 saturated heterocycles. The predicted molar refractivity (Wildman–Crippen MR) is 73.3 cm³/mol. The molecule has 20 heavy (non-hydrogen) atoms. The fraction of sp³-hybridized carbons (Fsp3) is 0.357. The molecule has 0 atom stereocenters. The van der Waals surface area contributed by atoms with Crippen molar-refractivity contribution in [3.63, 3.8) is 0 Å². The van der Waals surface area contributed by atoms with E-state index in [9.17, 15) is 8.78 Å². The van der Waals surface area contributed by atoms with E-state index in [0.717, 1.165) is 49.8 Å². The van der Waals surface area contributed by atoms with Gasteiger partial charge in [-0.2, -0.15) is 5.10 Å². The second-order valence-corrected chi connectivity index (χ2v) is 4.89. The second kappa shape index (κ2) is 5.20. The molecule has 0 aliphatic carbocycles. The van der Waals surface area contributed by atoms with Crippen molar-refractivity contribution < 1.29 is 8.78 Å². The van der Waals surface area contributed by atoms with Gasteiger partial charge in [-0.25, -0.2) is 13.5 Å². The molecule has 6 heteroatoms. The number of hydrogen-bond donors (Lipinski definition) is 1. The summed E-state index contributed by atoms with van der Waals surface area (Å²) < 4.78 is 28.0. The molecule has 106 valence electrons. The van der Waals surface area contributed by atoms with Crippen molar-refractivity contribution in [2.24, 2.45) is 0 Å². The molecule has 3 rings (SSSR count). The summed E-state index contributed by atoms with van der Waals surface area (Å²) in [5.74, 6) is -0.837. The van der Waals surface area contributed by atoms with Gasteiger partial charge in [-0.05, 0) is 19.1 Å². The summed E-state index contributed by atoms with van der Waals surface area (Å²) in [6.45, 7) is 5.55. The number of nitrogens with zero attached hydrogens (tertiary/aromatic N) is 3. The summed E-state index contributed by atoms with van der Waals surface area (Å²) in [6.07, 6.45) is 0. The van der Waals surface area contributed by atoms with Gasteiger partial charge >= 0.3 is 0 Å². The largest absolute Gasteiger partial charge is 0.353 e. The van der Waals surface area contributed by atoms with Crippen LogP contribution in [0.1, 0.15) is 5.69 Å². The van der Waals surface area contributed by atoms with Gasteiger partial charge in [0.25, 0.3) is 0 Å². The summed E-state index contributed by atoms with van der Waals surface area (Å²) in [6, 6.07) is 5.78. The van der Waals surface area contributed by atoms with Crippen LogP contribution in [0.25, 0.3) is 5.69 Å². The normalized spacial score (nSPS) is 15.7. The molecule has 0 bridgehead atoms. The molecule has 0 amide bonds. The van der Waals surface area contributed by atoms with Crippen LogP contribution >= 0.6 is 0 Å². The van der Waals surface area contributed by atoms with E-state index in [1.54, 1.807) is 4.68 Å². The highest BCUT2D eigenvalue weighted by molar-refractivity contribution is 5.44. The number of anilines is 1. The van der Waals surface area contributed by atoms with Crippen molar-refractivity contribution >= 4 is 5.82 Å². The molecule has 0 unspecified atom stereocenters. The molecule has 1 aromatic heterocycles. The van der Waals surface area contributed by atoms with Crippen molar-refractivity contribution in [3.05, 3.63) is 41.6 Å². The van der Waals surface area contributed by atoms with E-state index in [2.05, 4.69) is 15.3 Å². The highest BCUT2D eigenvalue weighted by Gasteiger charge is 2.15. The average molecular weight is 278 g/mol. The Morgan fingerprint density at radius 3 is 2.55 bits per heavy atom. The quantitative estimate of drug-likeness (QED) is 0.910. The van der Waals surface area contributed by atoms with Crippen LogP contribution in [-0.2, 0) is 0 Å². The third-order valence-electron chi connectivity index (χ3n) is 3.46. The van der Waals surface area contributed by atoms with E-state index in [1.807, 2.05) is 13.0 Å². The molecule has 0 spiro atoms. The number of benzene rings is 1. The zero-order chi connectivity index (χ0) is 14.1. The maximum Gasteiger partial charge on any atom is 0.160 e. The first-order chi connectivity index (χ1) is 9.65. The highest BCUT2D eigenvalue weighted by atomic mass is 19.2. The summed E-state index contributed by atoms with van der Waals surface area (Å²) in [4.78, 5) is 2.18. The summed E-state index contributed by atoms with van der Waals surface area (Å²) in [5.41, 5.74) is 1.42. The number of hydrogen-bond acceptors (Lipinski definition) is 3. The first kappa shape index (κ1) is 13.1. The maximum atomic E-state index is 13.3. The van der Waals surface area contributed by atoms with E-state index >= 15 is 0 Å². The minimum absolute atomic E-state index is 0.530. The molecule has 0 radical (unpaired) electrons. The fourth-order valence-corrected chi connectivity index (χ4v) is 2.38. The van der Waals surface area contributed by atoms with E-state index in [1.165, 1.54) is 6.07 Å². The number of aryl methyl sites for hydroxylation is 1. The lowest BCUT2D eigenvalue weighted by atomic mass is 10.3. The summed E-state index contributed by atoms with van der Waals surface area (Å²) in [7, 11) is 0. The van der Waals surface area contributed by atoms with Crippen molar-refractivity contribution in [3.8, 4) is 5.69 Å². The molecular weight excluding hydrogens is 262 g/mol.